The summed E-state index contributed by atoms with van der Waals surface area (Å²) in [5.41, 5.74) is 2.50. The van der Waals surface area contributed by atoms with Gasteiger partial charge in [-0.15, -0.1) is 0 Å². The Hall–Kier alpha value is -2.68. The van der Waals surface area contributed by atoms with Gasteiger partial charge in [-0.3, -0.25) is 4.98 Å². The van der Waals surface area contributed by atoms with Crippen molar-refractivity contribution in [3.8, 4) is 5.75 Å². The Morgan fingerprint density at radius 2 is 1.83 bits per heavy atom. The van der Waals surface area contributed by atoms with Crippen molar-refractivity contribution in [2.45, 2.75) is 26.2 Å². The zero-order valence-electron chi connectivity index (χ0n) is 13.2. The first kappa shape index (κ1) is 15.2. The summed E-state index contributed by atoms with van der Waals surface area (Å²) in [6.45, 7) is 2.17. The van der Waals surface area contributed by atoms with Crippen molar-refractivity contribution in [3.05, 3.63) is 71.9 Å². The molecule has 116 valence electrons. The predicted molar refractivity (Wildman–Crippen MR) is 91.8 cm³/mol. The van der Waals surface area contributed by atoms with E-state index in [0.717, 1.165) is 24.6 Å². The molecular weight excluding hydrogens is 286 g/mol. The lowest BCUT2D eigenvalue weighted by Crippen LogP contribution is -2.09. The number of carbonyl (C=O) groups is 1. The van der Waals surface area contributed by atoms with Crippen molar-refractivity contribution in [2.75, 3.05) is 0 Å². The van der Waals surface area contributed by atoms with Crippen molar-refractivity contribution >= 4 is 16.9 Å². The summed E-state index contributed by atoms with van der Waals surface area (Å²) < 4.78 is 5.53. The molecule has 0 aliphatic carbocycles. The van der Waals surface area contributed by atoms with Gasteiger partial charge in [-0.05, 0) is 42.7 Å². The van der Waals surface area contributed by atoms with E-state index in [2.05, 4.69) is 11.9 Å². The number of unbranched alkanes of at least 4 members (excludes halogenated alkanes) is 1. The van der Waals surface area contributed by atoms with Gasteiger partial charge in [0.25, 0.3) is 0 Å². The minimum atomic E-state index is -0.356. The number of carbonyl (C=O) groups excluding carboxylic acids is 1. The van der Waals surface area contributed by atoms with Gasteiger partial charge >= 0.3 is 5.97 Å². The zero-order chi connectivity index (χ0) is 16.1. The summed E-state index contributed by atoms with van der Waals surface area (Å²) >= 11 is 0. The minimum absolute atomic E-state index is 0.356. The molecule has 0 radical (unpaired) electrons. The van der Waals surface area contributed by atoms with Crippen molar-refractivity contribution in [2.24, 2.45) is 0 Å². The van der Waals surface area contributed by atoms with Crippen molar-refractivity contribution in [1.82, 2.24) is 4.98 Å². The fraction of sp³-hybridized carbons (Fsp3) is 0.200. The molecule has 2 aromatic carbocycles. The molecule has 23 heavy (non-hydrogen) atoms. The molecule has 1 aromatic heterocycles. The van der Waals surface area contributed by atoms with Crippen molar-refractivity contribution < 1.29 is 9.53 Å². The highest BCUT2D eigenvalue weighted by molar-refractivity contribution is 5.94. The standard InChI is InChI=1S/C20H19NO2/c1-2-3-6-15-10-12-17(13-11-15)20(22)23-18-9-4-7-16-8-5-14-21-19(16)18/h4-5,7-14H,2-3,6H2,1H3. The Labute approximate surface area is 135 Å². The van der Waals surface area contributed by atoms with Crippen LogP contribution < -0.4 is 4.74 Å². The van der Waals surface area contributed by atoms with Crippen LogP contribution in [-0.4, -0.2) is 11.0 Å². The lowest BCUT2D eigenvalue weighted by Gasteiger charge is -2.07. The average Bonchev–Trinajstić information content (AvgIpc) is 2.60. The molecule has 0 spiro atoms. The third-order valence-corrected chi connectivity index (χ3v) is 3.81. The van der Waals surface area contributed by atoms with E-state index in [0.29, 0.717) is 16.8 Å². The maximum atomic E-state index is 12.3. The quantitative estimate of drug-likeness (QED) is 0.502. The van der Waals surface area contributed by atoms with Gasteiger partial charge in [0.2, 0.25) is 0 Å². The van der Waals surface area contributed by atoms with Gasteiger partial charge in [-0.2, -0.15) is 0 Å². The third-order valence-electron chi connectivity index (χ3n) is 3.81. The highest BCUT2D eigenvalue weighted by Crippen LogP contribution is 2.24. The Kier molecular flexibility index (Phi) is 4.67. The SMILES string of the molecule is CCCCc1ccc(C(=O)Oc2cccc3cccnc23)cc1. The summed E-state index contributed by atoms with van der Waals surface area (Å²) in [4.78, 5) is 16.6. The largest absolute Gasteiger partial charge is 0.421 e. The second-order valence-corrected chi connectivity index (χ2v) is 5.52. The molecule has 0 atom stereocenters. The molecule has 0 saturated carbocycles. The number of benzene rings is 2. The third kappa shape index (κ3) is 3.57. The summed E-state index contributed by atoms with van der Waals surface area (Å²) in [6.07, 6.45) is 5.06. The van der Waals surface area contributed by atoms with Gasteiger partial charge in [0.1, 0.15) is 5.52 Å². The molecule has 3 rings (SSSR count). The molecule has 0 saturated heterocycles. The second kappa shape index (κ2) is 7.05. The van der Waals surface area contributed by atoms with E-state index < -0.39 is 0 Å². The molecule has 3 nitrogen and oxygen atoms in total. The first-order chi connectivity index (χ1) is 11.3. The minimum Gasteiger partial charge on any atom is -0.421 e. The first-order valence-electron chi connectivity index (χ1n) is 7.93. The summed E-state index contributed by atoms with van der Waals surface area (Å²) in [5.74, 6) is 0.133. The number of nitrogens with zero attached hydrogens (tertiary/aromatic N) is 1. The Balaban J connectivity index is 1.78. The van der Waals surface area contributed by atoms with Crippen molar-refractivity contribution in [3.63, 3.8) is 0 Å². The second-order valence-electron chi connectivity index (χ2n) is 5.52. The lowest BCUT2D eigenvalue weighted by molar-refractivity contribution is 0.0737. The van der Waals surface area contributed by atoms with Crippen LogP contribution in [0.25, 0.3) is 10.9 Å². The van der Waals surface area contributed by atoms with E-state index in [1.807, 2.05) is 48.5 Å². The highest BCUT2D eigenvalue weighted by atomic mass is 16.5. The van der Waals surface area contributed by atoms with Crippen LogP contribution in [0.2, 0.25) is 0 Å². The van der Waals surface area contributed by atoms with Gasteiger partial charge in [0.15, 0.2) is 5.75 Å². The maximum Gasteiger partial charge on any atom is 0.343 e. The molecule has 1 heterocycles. The van der Waals surface area contributed by atoms with E-state index in [1.165, 1.54) is 5.56 Å². The van der Waals surface area contributed by atoms with Gasteiger partial charge in [0.05, 0.1) is 5.56 Å². The number of aryl methyl sites for hydroxylation is 1. The molecule has 0 amide bonds. The average molecular weight is 305 g/mol. The highest BCUT2D eigenvalue weighted by Gasteiger charge is 2.11. The molecular formula is C20H19NO2. The van der Waals surface area contributed by atoms with Crippen LogP contribution in [0.4, 0.5) is 0 Å². The van der Waals surface area contributed by atoms with E-state index in [4.69, 9.17) is 4.74 Å². The summed E-state index contributed by atoms with van der Waals surface area (Å²) in [6, 6.07) is 17.0. The van der Waals surface area contributed by atoms with Crippen molar-refractivity contribution in [1.29, 1.82) is 0 Å². The number of ether oxygens (including phenoxy) is 1. The number of pyridine rings is 1. The molecule has 0 aliphatic heterocycles. The number of rotatable bonds is 5. The Bertz CT molecular complexity index is 804. The van der Waals surface area contributed by atoms with Crippen LogP contribution in [0.5, 0.6) is 5.75 Å². The van der Waals surface area contributed by atoms with Crippen LogP contribution in [-0.2, 0) is 6.42 Å². The van der Waals surface area contributed by atoms with Gasteiger partial charge in [-0.1, -0.05) is 43.7 Å². The first-order valence-corrected chi connectivity index (χ1v) is 7.93. The fourth-order valence-corrected chi connectivity index (χ4v) is 2.51. The van der Waals surface area contributed by atoms with Gasteiger partial charge < -0.3 is 4.74 Å². The number of fused-ring (bicyclic) bond motifs is 1. The molecule has 0 unspecified atom stereocenters. The molecule has 3 aromatic rings. The number of aromatic nitrogens is 1. The molecule has 0 bridgehead atoms. The Morgan fingerprint density at radius 1 is 1.04 bits per heavy atom. The van der Waals surface area contributed by atoms with Crippen LogP contribution in [0, 0.1) is 0 Å². The number of para-hydroxylation sites is 1. The number of hydrogen-bond acceptors (Lipinski definition) is 3. The fourth-order valence-electron chi connectivity index (χ4n) is 2.51. The number of hydrogen-bond donors (Lipinski definition) is 0. The Morgan fingerprint density at radius 3 is 2.61 bits per heavy atom. The van der Waals surface area contributed by atoms with E-state index >= 15 is 0 Å². The van der Waals surface area contributed by atoms with Crippen LogP contribution in [0.1, 0.15) is 35.7 Å². The summed E-state index contributed by atoms with van der Waals surface area (Å²) in [5, 5.41) is 0.952. The normalized spacial score (nSPS) is 10.7. The van der Waals surface area contributed by atoms with Crippen LogP contribution in [0.3, 0.4) is 0 Å². The van der Waals surface area contributed by atoms with E-state index in [9.17, 15) is 4.79 Å². The van der Waals surface area contributed by atoms with Crippen LogP contribution in [0.15, 0.2) is 60.8 Å². The van der Waals surface area contributed by atoms with E-state index in [-0.39, 0.29) is 5.97 Å². The topological polar surface area (TPSA) is 39.2 Å². The zero-order valence-corrected chi connectivity index (χ0v) is 13.2. The van der Waals surface area contributed by atoms with Gasteiger partial charge in [0, 0.05) is 11.6 Å². The smallest absolute Gasteiger partial charge is 0.343 e. The van der Waals surface area contributed by atoms with E-state index in [1.54, 1.807) is 12.3 Å². The monoisotopic (exact) mass is 305 g/mol. The van der Waals surface area contributed by atoms with Gasteiger partial charge in [-0.25, -0.2) is 4.79 Å². The molecule has 0 aliphatic rings. The predicted octanol–water partition coefficient (Wildman–Crippen LogP) is 4.80. The lowest BCUT2D eigenvalue weighted by atomic mass is 10.1. The molecule has 3 heteroatoms. The molecule has 0 fully saturated rings. The molecule has 0 N–H and O–H groups in total. The summed E-state index contributed by atoms with van der Waals surface area (Å²) in [7, 11) is 0. The number of esters is 1. The maximum absolute atomic E-state index is 12.3. The van der Waals surface area contributed by atoms with Crippen LogP contribution >= 0.6 is 0 Å².